The molecule has 0 saturated carbocycles. The quantitative estimate of drug-likeness (QED) is 0.658. The molecule has 0 spiro atoms. The van der Waals surface area contributed by atoms with E-state index in [4.69, 9.17) is 4.74 Å². The molecule has 148 valence electrons. The van der Waals surface area contributed by atoms with Gasteiger partial charge in [-0.1, -0.05) is 36.4 Å². The van der Waals surface area contributed by atoms with Gasteiger partial charge in [-0.15, -0.1) is 0 Å². The number of nitrogens with zero attached hydrogens (tertiary/aromatic N) is 3. The minimum atomic E-state index is -0.152. The van der Waals surface area contributed by atoms with Gasteiger partial charge in [0.2, 0.25) is 5.91 Å². The minimum Gasteiger partial charge on any atom is -0.379 e. The Morgan fingerprint density at radius 2 is 1.76 bits per heavy atom. The summed E-state index contributed by atoms with van der Waals surface area (Å²) in [7, 11) is 0. The molecule has 1 aliphatic heterocycles. The second kappa shape index (κ2) is 9.41. The highest BCUT2D eigenvalue weighted by Gasteiger charge is 2.12. The predicted octanol–water partition coefficient (Wildman–Crippen LogP) is 2.79. The lowest BCUT2D eigenvalue weighted by molar-refractivity contribution is -0.116. The maximum Gasteiger partial charge on any atom is 0.244 e. The Bertz CT molecular complexity index is 1010. The molecular weight excluding hydrogens is 364 g/mol. The zero-order chi connectivity index (χ0) is 19.9. The van der Waals surface area contributed by atoms with E-state index in [1.807, 2.05) is 36.4 Å². The lowest BCUT2D eigenvalue weighted by atomic mass is 10.1. The Morgan fingerprint density at radius 3 is 2.59 bits per heavy atom. The van der Waals surface area contributed by atoms with Crippen molar-refractivity contribution in [1.82, 2.24) is 20.2 Å². The fourth-order valence-electron chi connectivity index (χ4n) is 3.34. The molecule has 0 aliphatic carbocycles. The van der Waals surface area contributed by atoms with Crippen molar-refractivity contribution in [3.63, 3.8) is 0 Å². The molecule has 3 aromatic rings. The SMILES string of the molecule is O=C(/C=C/c1cnc2ccccc2n1)NCc1ccccc1CN1CCOCC1. The van der Waals surface area contributed by atoms with Crippen molar-refractivity contribution in [3.05, 3.63) is 77.6 Å². The molecule has 1 N–H and O–H groups in total. The van der Waals surface area contributed by atoms with Gasteiger partial charge in [0.15, 0.2) is 0 Å². The van der Waals surface area contributed by atoms with Crippen LogP contribution >= 0.6 is 0 Å². The highest BCUT2D eigenvalue weighted by atomic mass is 16.5. The first-order valence-corrected chi connectivity index (χ1v) is 9.82. The van der Waals surface area contributed by atoms with Crippen LogP contribution in [-0.4, -0.2) is 47.1 Å². The summed E-state index contributed by atoms with van der Waals surface area (Å²) >= 11 is 0. The third kappa shape index (κ3) is 5.25. The number of benzene rings is 2. The summed E-state index contributed by atoms with van der Waals surface area (Å²) in [6.07, 6.45) is 4.86. The summed E-state index contributed by atoms with van der Waals surface area (Å²) in [5.74, 6) is -0.152. The van der Waals surface area contributed by atoms with Crippen LogP contribution in [0.4, 0.5) is 0 Å². The van der Waals surface area contributed by atoms with E-state index in [1.54, 1.807) is 12.3 Å². The maximum atomic E-state index is 12.3. The maximum absolute atomic E-state index is 12.3. The second-order valence-electron chi connectivity index (χ2n) is 6.99. The number of morpholine rings is 1. The van der Waals surface area contributed by atoms with Crippen molar-refractivity contribution in [3.8, 4) is 0 Å². The molecule has 6 nitrogen and oxygen atoms in total. The molecule has 0 radical (unpaired) electrons. The van der Waals surface area contributed by atoms with Crippen molar-refractivity contribution in [1.29, 1.82) is 0 Å². The molecule has 1 fully saturated rings. The van der Waals surface area contributed by atoms with Gasteiger partial charge >= 0.3 is 0 Å². The Hall–Kier alpha value is -3.09. The molecular formula is C23H24N4O2. The van der Waals surface area contributed by atoms with Crippen molar-refractivity contribution in [2.45, 2.75) is 13.1 Å². The topological polar surface area (TPSA) is 67.4 Å². The standard InChI is InChI=1S/C23H24N4O2/c28-23(10-9-20-16-24-21-7-3-4-8-22(21)26-20)25-15-18-5-1-2-6-19(18)17-27-11-13-29-14-12-27/h1-10,16H,11-15,17H2,(H,25,28)/b10-9+. The van der Waals surface area contributed by atoms with Crippen molar-refractivity contribution in [2.24, 2.45) is 0 Å². The Kier molecular flexibility index (Phi) is 6.24. The number of carbonyl (C=O) groups excluding carboxylic acids is 1. The molecule has 1 saturated heterocycles. The first kappa shape index (κ1) is 19.2. The lowest BCUT2D eigenvalue weighted by Gasteiger charge is -2.27. The fourth-order valence-corrected chi connectivity index (χ4v) is 3.34. The Balaban J connectivity index is 1.36. The second-order valence-corrected chi connectivity index (χ2v) is 6.99. The van der Waals surface area contributed by atoms with E-state index in [-0.39, 0.29) is 5.91 Å². The molecule has 0 bridgehead atoms. The number of amides is 1. The third-order valence-electron chi connectivity index (χ3n) is 4.94. The molecule has 2 heterocycles. The molecule has 6 heteroatoms. The Morgan fingerprint density at radius 1 is 1.03 bits per heavy atom. The molecule has 0 atom stereocenters. The van der Waals surface area contributed by atoms with Gasteiger partial charge in [-0.3, -0.25) is 14.7 Å². The van der Waals surface area contributed by atoms with Gasteiger partial charge in [-0.2, -0.15) is 0 Å². The van der Waals surface area contributed by atoms with Crippen LogP contribution in [0, 0.1) is 0 Å². The van der Waals surface area contributed by atoms with Gasteiger partial charge in [0.1, 0.15) is 0 Å². The van der Waals surface area contributed by atoms with Crippen LogP contribution in [-0.2, 0) is 22.6 Å². The summed E-state index contributed by atoms with van der Waals surface area (Å²) in [6.45, 7) is 4.81. The van der Waals surface area contributed by atoms with Crippen molar-refractivity contribution < 1.29 is 9.53 Å². The summed E-state index contributed by atoms with van der Waals surface area (Å²) in [6, 6.07) is 15.9. The molecule has 29 heavy (non-hydrogen) atoms. The molecule has 1 aromatic heterocycles. The van der Waals surface area contributed by atoms with E-state index in [2.05, 4.69) is 32.3 Å². The van der Waals surface area contributed by atoms with Gasteiger partial charge in [0, 0.05) is 32.3 Å². The predicted molar refractivity (Wildman–Crippen MR) is 113 cm³/mol. The summed E-state index contributed by atoms with van der Waals surface area (Å²) < 4.78 is 5.42. The van der Waals surface area contributed by atoms with Gasteiger partial charge in [0.25, 0.3) is 0 Å². The number of aromatic nitrogens is 2. The van der Waals surface area contributed by atoms with Crippen LogP contribution in [0.3, 0.4) is 0 Å². The number of hydrogen-bond donors (Lipinski definition) is 1. The highest BCUT2D eigenvalue weighted by Crippen LogP contribution is 2.13. The van der Waals surface area contributed by atoms with Gasteiger partial charge < -0.3 is 10.1 Å². The van der Waals surface area contributed by atoms with E-state index in [0.29, 0.717) is 12.2 Å². The van der Waals surface area contributed by atoms with Gasteiger partial charge in [0.05, 0.1) is 36.1 Å². The molecule has 1 aliphatic rings. The van der Waals surface area contributed by atoms with Crippen LogP contribution in [0.2, 0.25) is 0 Å². The van der Waals surface area contributed by atoms with Gasteiger partial charge in [-0.25, -0.2) is 4.98 Å². The van der Waals surface area contributed by atoms with E-state index >= 15 is 0 Å². The van der Waals surface area contributed by atoms with Crippen LogP contribution in [0.5, 0.6) is 0 Å². The highest BCUT2D eigenvalue weighted by molar-refractivity contribution is 5.91. The average Bonchev–Trinajstić information content (AvgIpc) is 2.77. The van der Waals surface area contributed by atoms with Crippen molar-refractivity contribution >= 4 is 23.0 Å². The van der Waals surface area contributed by atoms with Crippen molar-refractivity contribution in [2.75, 3.05) is 26.3 Å². The number of fused-ring (bicyclic) bond motifs is 1. The summed E-state index contributed by atoms with van der Waals surface area (Å²) in [5.41, 5.74) is 4.68. The Labute approximate surface area is 170 Å². The van der Waals surface area contributed by atoms with E-state index < -0.39 is 0 Å². The first-order valence-electron chi connectivity index (χ1n) is 9.82. The fraction of sp³-hybridized carbons (Fsp3) is 0.261. The smallest absolute Gasteiger partial charge is 0.244 e. The average molecular weight is 388 g/mol. The number of rotatable bonds is 6. The van der Waals surface area contributed by atoms with Crippen LogP contribution < -0.4 is 5.32 Å². The number of hydrogen-bond acceptors (Lipinski definition) is 5. The number of para-hydroxylation sites is 2. The van der Waals surface area contributed by atoms with Crippen LogP contribution in [0.25, 0.3) is 17.1 Å². The van der Waals surface area contributed by atoms with E-state index in [0.717, 1.165) is 49.4 Å². The van der Waals surface area contributed by atoms with E-state index in [1.165, 1.54) is 11.6 Å². The third-order valence-corrected chi connectivity index (χ3v) is 4.94. The monoisotopic (exact) mass is 388 g/mol. The largest absolute Gasteiger partial charge is 0.379 e. The lowest BCUT2D eigenvalue weighted by Crippen LogP contribution is -2.36. The number of carbonyl (C=O) groups is 1. The van der Waals surface area contributed by atoms with E-state index in [9.17, 15) is 4.79 Å². The molecule has 1 amide bonds. The van der Waals surface area contributed by atoms with Crippen LogP contribution in [0.15, 0.2) is 60.8 Å². The minimum absolute atomic E-state index is 0.152. The number of nitrogens with one attached hydrogen (secondary N) is 1. The summed E-state index contributed by atoms with van der Waals surface area (Å²) in [4.78, 5) is 23.5. The zero-order valence-corrected chi connectivity index (χ0v) is 16.3. The molecule has 0 unspecified atom stereocenters. The normalized spacial score (nSPS) is 15.0. The summed E-state index contributed by atoms with van der Waals surface area (Å²) in [5, 5.41) is 2.97. The molecule has 2 aromatic carbocycles. The van der Waals surface area contributed by atoms with Crippen LogP contribution in [0.1, 0.15) is 16.8 Å². The first-order chi connectivity index (χ1) is 14.3. The van der Waals surface area contributed by atoms with Gasteiger partial charge in [-0.05, 0) is 29.3 Å². The molecule has 4 rings (SSSR count). The zero-order valence-electron chi connectivity index (χ0n) is 16.3. The number of ether oxygens (including phenoxy) is 1.